The summed E-state index contributed by atoms with van der Waals surface area (Å²) in [6.07, 6.45) is -1.64. The quantitative estimate of drug-likeness (QED) is 0.0536. The Morgan fingerprint density at radius 2 is 0.815 bits per heavy atom. The first-order valence-electron chi connectivity index (χ1n) is 42.8. The number of nitrogens with one attached hydrogen (secondary N) is 8. The summed E-state index contributed by atoms with van der Waals surface area (Å²) in [7, 11) is 0. The van der Waals surface area contributed by atoms with Crippen LogP contribution in [-0.2, 0) is 105 Å². The molecule has 0 aromatic carbocycles. The number of carbonyl (C=O) groups excluding carboxylic acids is 16. The predicted octanol–water partition coefficient (Wildman–Crippen LogP) is -3.15. The predicted molar refractivity (Wildman–Crippen MR) is 428 cm³/mol. The van der Waals surface area contributed by atoms with Gasteiger partial charge < -0.3 is 76.0 Å². The number of fused-ring (bicyclic) bond motifs is 4. The van der Waals surface area contributed by atoms with Gasteiger partial charge in [-0.1, -0.05) is 55.4 Å². The van der Waals surface area contributed by atoms with Crippen LogP contribution in [0, 0.1) is 35.5 Å². The molecule has 8 saturated heterocycles. The third kappa shape index (κ3) is 23.8. The number of hydroxylamine groups is 8. The number of esters is 2. The van der Waals surface area contributed by atoms with Crippen molar-refractivity contribution in [1.82, 2.24) is 83.3 Å². The number of cyclic esters (lactones) is 2. The topological polar surface area (TPSA) is 598 Å². The van der Waals surface area contributed by atoms with E-state index in [1.165, 1.54) is 41.5 Å². The van der Waals surface area contributed by atoms with Gasteiger partial charge in [-0.25, -0.2) is 46.2 Å². The van der Waals surface area contributed by atoms with Crippen LogP contribution in [0.2, 0.25) is 0 Å². The number of nitrogens with two attached hydrogens (primary N) is 1. The van der Waals surface area contributed by atoms with Crippen LogP contribution < -0.4 is 48.7 Å². The molecule has 124 heavy (non-hydrogen) atoms. The van der Waals surface area contributed by atoms with E-state index >= 15 is 4.79 Å². The van der Waals surface area contributed by atoms with Crippen molar-refractivity contribution < 1.29 is 136 Å². The average molecular weight is 1770 g/mol. The Hall–Kier alpha value is -9.00. The van der Waals surface area contributed by atoms with Gasteiger partial charge in [-0.3, -0.25) is 92.8 Å². The van der Waals surface area contributed by atoms with Crippen LogP contribution in [-0.4, -0.2) is 319 Å². The molecule has 8 aliphatic rings. The van der Waals surface area contributed by atoms with Gasteiger partial charge in [0, 0.05) is 52.5 Å². The monoisotopic (exact) mass is 1770 g/mol. The summed E-state index contributed by atoms with van der Waals surface area (Å²) in [5.41, 5.74) is 11.3. The second kappa shape index (κ2) is 43.5. The van der Waals surface area contributed by atoms with Crippen molar-refractivity contribution in [1.29, 1.82) is 0 Å². The van der Waals surface area contributed by atoms with Crippen LogP contribution >= 0.6 is 0 Å². The minimum atomic E-state index is -2.74. The minimum Gasteiger partial charge on any atom is -0.458 e. The summed E-state index contributed by atoms with van der Waals surface area (Å²) in [6.45, 7) is 24.5. The molecule has 8 rings (SSSR count). The molecule has 20 atom stereocenters. The average Bonchev–Trinajstić information content (AvgIpc) is 0.771. The van der Waals surface area contributed by atoms with Gasteiger partial charge in [0.25, 0.3) is 59.1 Å². The summed E-state index contributed by atoms with van der Waals surface area (Å²) in [5, 5.41) is 83.7. The third-order valence-corrected chi connectivity index (χ3v) is 23.8. The number of rotatable bonds is 16. The van der Waals surface area contributed by atoms with E-state index in [0.29, 0.717) is 54.1 Å². The zero-order chi connectivity index (χ0) is 92.9. The molecule has 0 saturated carbocycles. The van der Waals surface area contributed by atoms with Gasteiger partial charge in [-0.2, -0.15) is 10.1 Å². The van der Waals surface area contributed by atoms with Gasteiger partial charge in [0.2, 0.25) is 23.4 Å². The Bertz CT molecular complexity index is 3880. The standard InChI is InChI=1S/C40H67N9O14.C39H64N8O14/c1-21(2)19-26-13-15-40(59,62-25(26)7)39(8,58)38(57)45-31-32(22(3)4)61-37(56)24(6)48(60)34(53)27-11-9-17-43-46(27)29(50)20-42-33(52)23(5)49(63-30(51)14-16-41)35(54)28-12-10-18-44-47(28)36(31)55;1-20(2)18-26-14-15-39(57,60-24(26)7)38(9,56)37(55)43-30-31(21(3)4)59-36(54)23(6)46(58)33(51)27-12-10-16-41-44(27)29(49)19-40-32(50)22(5)47(61-25(8)48)34(52)28-13-11-17-42-45(28)35(30)53/h21-28,31-32,43-44,58-60H,9-20,41H2,1-8H3,(H,42,52)(H,45,57);20-24,26-28,30-31,41-42,56-58H,10-19H2,1-9H3,(H,40,50)(H,43,55). The largest absolute Gasteiger partial charge is 0.458 e. The summed E-state index contributed by atoms with van der Waals surface area (Å²) >= 11 is 0. The van der Waals surface area contributed by atoms with Crippen LogP contribution in [0.4, 0.5) is 0 Å². The molecule has 45 nitrogen and oxygen atoms in total. The van der Waals surface area contributed by atoms with Crippen molar-refractivity contribution in [2.24, 2.45) is 41.2 Å². The van der Waals surface area contributed by atoms with E-state index in [-0.39, 0.29) is 106 Å². The number of aliphatic hydroxyl groups is 4. The summed E-state index contributed by atoms with van der Waals surface area (Å²) in [6, 6.07) is -16.4. The number of ether oxygens (including phenoxy) is 4. The second-order valence-corrected chi connectivity index (χ2v) is 35.0. The second-order valence-electron chi connectivity index (χ2n) is 35.0. The SMILES string of the molecule is CC(=O)ON1C(=O)C2CCCNN2C(=O)C(NC(=O)C(C)(O)C2(O)CCC(CC(C)C)C(C)O2)C(C(C)C)OC(=O)C(C)N(O)C(=O)C2CCCNN2C(=O)CNC(=O)C1C.CC(C)CC1CCC(O)(C(C)(O)C(=O)NC2C(=O)N3NCCCC3C(=O)N(OC(=O)CCN)C(C)C(=O)NCC(=O)N3NCCCC3C(=O)N(O)C(C)C(=O)OC2C(C)C)OC1C. The third-order valence-electron chi connectivity index (χ3n) is 23.8. The molecule has 0 aliphatic carbocycles. The Morgan fingerprint density at radius 3 is 1.12 bits per heavy atom. The highest BCUT2D eigenvalue weighted by Crippen LogP contribution is 2.43. The summed E-state index contributed by atoms with van der Waals surface area (Å²) < 4.78 is 23.6. The van der Waals surface area contributed by atoms with Gasteiger partial charge >= 0.3 is 23.9 Å². The first-order chi connectivity index (χ1) is 57.9. The molecule has 45 heteroatoms. The maximum atomic E-state index is 15.0. The maximum Gasteiger partial charge on any atom is 0.333 e. The molecule has 16 N–H and O–H groups in total. The number of hydrogen-bond acceptors (Lipinski definition) is 33. The van der Waals surface area contributed by atoms with E-state index in [2.05, 4.69) is 43.0 Å². The van der Waals surface area contributed by atoms with Crippen LogP contribution in [0.1, 0.15) is 214 Å². The maximum absolute atomic E-state index is 15.0. The molecule has 8 aliphatic heterocycles. The Balaban J connectivity index is 0.000000341. The fraction of sp³-hybridized carbons (Fsp3) is 0.797. The molecule has 0 aromatic heterocycles. The number of amides is 12. The van der Waals surface area contributed by atoms with Crippen molar-refractivity contribution >= 4 is 94.8 Å². The van der Waals surface area contributed by atoms with Crippen molar-refractivity contribution in [3.05, 3.63) is 0 Å². The highest BCUT2D eigenvalue weighted by atomic mass is 16.7. The van der Waals surface area contributed by atoms with Gasteiger partial charge in [0.05, 0.1) is 31.7 Å². The lowest BCUT2D eigenvalue weighted by molar-refractivity contribution is -0.326. The first-order valence-corrected chi connectivity index (χ1v) is 42.8. The van der Waals surface area contributed by atoms with Gasteiger partial charge in [-0.05, 0) is 168 Å². The van der Waals surface area contributed by atoms with Gasteiger partial charge in [-0.15, -0.1) is 0 Å². The van der Waals surface area contributed by atoms with E-state index in [9.17, 15) is 103 Å². The molecule has 0 spiro atoms. The van der Waals surface area contributed by atoms with Crippen LogP contribution in [0.3, 0.4) is 0 Å². The van der Waals surface area contributed by atoms with Crippen molar-refractivity contribution in [2.75, 3.05) is 45.8 Å². The Labute approximate surface area is 720 Å². The zero-order valence-corrected chi connectivity index (χ0v) is 73.9. The van der Waals surface area contributed by atoms with Gasteiger partial charge in [0.15, 0.2) is 23.3 Å². The van der Waals surface area contributed by atoms with Crippen molar-refractivity contribution in [3.8, 4) is 0 Å². The highest BCUT2D eigenvalue weighted by molar-refractivity contribution is 6.00. The number of carbonyl (C=O) groups is 16. The molecular weight excluding hydrogens is 1630 g/mol. The summed E-state index contributed by atoms with van der Waals surface area (Å²) in [4.78, 5) is 233. The van der Waals surface area contributed by atoms with Crippen LogP contribution in [0.25, 0.3) is 0 Å². The number of nitrogens with zero attached hydrogens (tertiary/aromatic N) is 8. The fourth-order valence-corrected chi connectivity index (χ4v) is 16.2. The number of hydrazine groups is 4. The molecule has 20 unspecified atom stereocenters. The smallest absolute Gasteiger partial charge is 0.333 e. The van der Waals surface area contributed by atoms with E-state index in [1.54, 1.807) is 13.8 Å². The fourth-order valence-electron chi connectivity index (χ4n) is 16.2. The lowest BCUT2D eigenvalue weighted by Gasteiger charge is -2.47. The van der Waals surface area contributed by atoms with Crippen LogP contribution in [0.5, 0.6) is 0 Å². The zero-order valence-electron chi connectivity index (χ0n) is 73.9. The van der Waals surface area contributed by atoms with E-state index in [4.69, 9.17) is 34.4 Å². The molecule has 8 heterocycles. The molecule has 0 aromatic rings. The van der Waals surface area contributed by atoms with Crippen molar-refractivity contribution in [3.63, 3.8) is 0 Å². The number of hydrogen-bond donors (Lipinski definition) is 15. The highest BCUT2D eigenvalue weighted by Gasteiger charge is 2.60. The first kappa shape index (κ1) is 102. The molecule has 12 amide bonds. The van der Waals surface area contributed by atoms with Crippen LogP contribution in [0.15, 0.2) is 0 Å². The normalized spacial score (nSPS) is 32.5. The lowest BCUT2D eigenvalue weighted by atomic mass is 9.79. The Kier molecular flexibility index (Phi) is 35.8. The molecule has 700 valence electrons. The molecule has 8 fully saturated rings. The molecular formula is C79H131N17O28. The summed E-state index contributed by atoms with van der Waals surface area (Å²) in [5.74, 6) is -23.2. The van der Waals surface area contributed by atoms with Gasteiger partial charge in [0.1, 0.15) is 60.5 Å². The van der Waals surface area contributed by atoms with E-state index in [1.807, 2.05) is 27.7 Å². The lowest BCUT2D eigenvalue weighted by Crippen LogP contribution is -2.70. The van der Waals surface area contributed by atoms with E-state index in [0.717, 1.165) is 67.5 Å². The molecule has 0 bridgehead atoms. The minimum absolute atomic E-state index is 0.00192. The van der Waals surface area contributed by atoms with Crippen molar-refractivity contribution in [2.45, 2.75) is 322 Å². The molecule has 0 radical (unpaired) electrons. The van der Waals surface area contributed by atoms with E-state index < -0.39 is 227 Å². The Morgan fingerprint density at radius 1 is 0.492 bits per heavy atom.